The van der Waals surface area contributed by atoms with Crippen LogP contribution < -0.4 is 5.32 Å². The molecular formula is C22H18F3N3O. The van der Waals surface area contributed by atoms with Gasteiger partial charge in [-0.25, -0.2) is 4.98 Å². The molecule has 1 heterocycles. The van der Waals surface area contributed by atoms with Crippen molar-refractivity contribution >= 4 is 16.8 Å². The molecular weight excluding hydrogens is 379 g/mol. The van der Waals surface area contributed by atoms with E-state index in [1.165, 1.54) is 12.1 Å². The molecule has 3 rings (SSSR count). The number of hydrogen-bond donors (Lipinski definition) is 1. The van der Waals surface area contributed by atoms with Crippen molar-refractivity contribution in [2.45, 2.75) is 20.0 Å². The fraction of sp³-hybridized carbons (Fsp3) is 0.227. The lowest BCUT2D eigenvalue weighted by molar-refractivity contribution is -0.136. The highest BCUT2D eigenvalue weighted by Crippen LogP contribution is 2.37. The molecule has 1 amide bonds. The molecule has 0 saturated heterocycles. The number of rotatable bonds is 4. The standard InChI is InChI=1S/C22H18F3N3O/c1-21(2,12-26)13-27-20(29)18-9-8-15-10-16(14-6-4-3-5-7-14)11-17(19(15)28-18)22(23,24)25/h3-11H,13H2,1-2H3,(H,27,29). The van der Waals surface area contributed by atoms with E-state index in [1.807, 2.05) is 6.07 Å². The molecule has 1 aromatic heterocycles. The maximum atomic E-state index is 13.7. The van der Waals surface area contributed by atoms with E-state index in [4.69, 9.17) is 5.26 Å². The number of carbonyl (C=O) groups excluding carboxylic acids is 1. The number of halogens is 3. The first-order chi connectivity index (χ1) is 13.6. The van der Waals surface area contributed by atoms with E-state index in [0.717, 1.165) is 6.07 Å². The van der Waals surface area contributed by atoms with Gasteiger partial charge in [0.2, 0.25) is 0 Å². The average Bonchev–Trinajstić information content (AvgIpc) is 2.70. The zero-order valence-corrected chi connectivity index (χ0v) is 15.8. The quantitative estimate of drug-likeness (QED) is 0.658. The summed E-state index contributed by atoms with van der Waals surface area (Å²) in [7, 11) is 0. The van der Waals surface area contributed by atoms with Gasteiger partial charge in [0.15, 0.2) is 0 Å². The first-order valence-corrected chi connectivity index (χ1v) is 8.88. The number of aromatic nitrogens is 1. The van der Waals surface area contributed by atoms with E-state index in [2.05, 4.69) is 10.3 Å². The summed E-state index contributed by atoms with van der Waals surface area (Å²) in [5.74, 6) is -0.629. The zero-order chi connectivity index (χ0) is 21.2. The maximum absolute atomic E-state index is 13.7. The molecule has 29 heavy (non-hydrogen) atoms. The second kappa shape index (κ2) is 7.55. The van der Waals surface area contributed by atoms with E-state index in [9.17, 15) is 18.0 Å². The summed E-state index contributed by atoms with van der Waals surface area (Å²) in [6, 6.07) is 16.3. The minimum atomic E-state index is -4.63. The third kappa shape index (κ3) is 4.54. The molecule has 0 aliphatic rings. The molecule has 0 bridgehead atoms. The minimum Gasteiger partial charge on any atom is -0.349 e. The largest absolute Gasteiger partial charge is 0.418 e. The number of hydrogen-bond acceptors (Lipinski definition) is 3. The van der Waals surface area contributed by atoms with Gasteiger partial charge >= 0.3 is 6.18 Å². The van der Waals surface area contributed by atoms with Gasteiger partial charge < -0.3 is 5.32 Å². The molecule has 1 N–H and O–H groups in total. The summed E-state index contributed by atoms with van der Waals surface area (Å²) in [6.07, 6.45) is -4.63. The predicted molar refractivity (Wildman–Crippen MR) is 104 cm³/mol. The van der Waals surface area contributed by atoms with Crippen molar-refractivity contribution in [1.29, 1.82) is 5.26 Å². The second-order valence-electron chi connectivity index (χ2n) is 7.33. The topological polar surface area (TPSA) is 65.8 Å². The summed E-state index contributed by atoms with van der Waals surface area (Å²) < 4.78 is 41.2. The summed E-state index contributed by atoms with van der Waals surface area (Å²) in [4.78, 5) is 16.3. The molecule has 148 valence electrons. The number of fused-ring (bicyclic) bond motifs is 1. The predicted octanol–water partition coefficient (Wildman–Crippen LogP) is 5.20. The Morgan fingerprint density at radius 1 is 1.07 bits per heavy atom. The molecule has 0 atom stereocenters. The molecule has 0 radical (unpaired) electrons. The molecule has 7 heteroatoms. The van der Waals surface area contributed by atoms with E-state index in [1.54, 1.807) is 50.2 Å². The van der Waals surface area contributed by atoms with Crippen molar-refractivity contribution in [2.24, 2.45) is 5.41 Å². The number of nitriles is 1. The third-order valence-corrected chi connectivity index (χ3v) is 4.43. The lowest BCUT2D eigenvalue weighted by atomic mass is 9.96. The SMILES string of the molecule is CC(C)(C#N)CNC(=O)c1ccc2cc(-c3ccccc3)cc(C(F)(F)F)c2n1. The smallest absolute Gasteiger partial charge is 0.349 e. The number of amides is 1. The molecule has 3 aromatic rings. The highest BCUT2D eigenvalue weighted by Gasteiger charge is 2.34. The third-order valence-electron chi connectivity index (χ3n) is 4.43. The van der Waals surface area contributed by atoms with Gasteiger partial charge in [0, 0.05) is 11.9 Å². The first kappa shape index (κ1) is 20.3. The number of pyridine rings is 1. The van der Waals surface area contributed by atoms with Crippen LogP contribution in [0.2, 0.25) is 0 Å². The van der Waals surface area contributed by atoms with Crippen molar-refractivity contribution in [2.75, 3.05) is 6.54 Å². The van der Waals surface area contributed by atoms with Gasteiger partial charge in [0.1, 0.15) is 5.69 Å². The van der Waals surface area contributed by atoms with Crippen molar-refractivity contribution < 1.29 is 18.0 Å². The molecule has 0 spiro atoms. The number of alkyl halides is 3. The Balaban J connectivity index is 2.06. The van der Waals surface area contributed by atoms with Gasteiger partial charge in [-0.3, -0.25) is 4.79 Å². The highest BCUT2D eigenvalue weighted by atomic mass is 19.4. The van der Waals surface area contributed by atoms with Crippen LogP contribution in [0, 0.1) is 16.7 Å². The number of benzene rings is 2. The summed E-state index contributed by atoms with van der Waals surface area (Å²) in [5, 5.41) is 11.9. The Hall–Kier alpha value is -3.40. The number of carbonyl (C=O) groups is 1. The van der Waals surface area contributed by atoms with Crippen LogP contribution in [0.3, 0.4) is 0 Å². The van der Waals surface area contributed by atoms with Crippen LogP contribution in [0.25, 0.3) is 22.0 Å². The Morgan fingerprint density at radius 2 is 1.76 bits per heavy atom. The van der Waals surface area contributed by atoms with E-state index in [0.29, 0.717) is 11.1 Å². The molecule has 0 aliphatic carbocycles. The first-order valence-electron chi connectivity index (χ1n) is 8.88. The van der Waals surface area contributed by atoms with Crippen LogP contribution in [-0.4, -0.2) is 17.4 Å². The van der Waals surface area contributed by atoms with Crippen LogP contribution in [0.1, 0.15) is 29.9 Å². The number of nitrogens with zero attached hydrogens (tertiary/aromatic N) is 2. The van der Waals surface area contributed by atoms with Gasteiger partial charge in [-0.15, -0.1) is 0 Å². The van der Waals surface area contributed by atoms with Crippen molar-refractivity contribution in [3.05, 3.63) is 65.9 Å². The van der Waals surface area contributed by atoms with Gasteiger partial charge in [-0.05, 0) is 43.2 Å². The number of nitrogens with one attached hydrogen (secondary N) is 1. The van der Waals surface area contributed by atoms with Gasteiger partial charge in [-0.2, -0.15) is 18.4 Å². The van der Waals surface area contributed by atoms with E-state index in [-0.39, 0.29) is 23.1 Å². The van der Waals surface area contributed by atoms with Crippen molar-refractivity contribution in [1.82, 2.24) is 10.3 Å². The molecule has 2 aromatic carbocycles. The normalized spacial score (nSPS) is 11.9. The maximum Gasteiger partial charge on any atom is 0.418 e. The van der Waals surface area contributed by atoms with Crippen LogP contribution in [0.15, 0.2) is 54.6 Å². The van der Waals surface area contributed by atoms with Crippen LogP contribution in [-0.2, 0) is 6.18 Å². The fourth-order valence-corrected chi connectivity index (χ4v) is 2.81. The van der Waals surface area contributed by atoms with E-state index >= 15 is 0 Å². The molecule has 4 nitrogen and oxygen atoms in total. The Morgan fingerprint density at radius 3 is 2.38 bits per heavy atom. The van der Waals surface area contributed by atoms with Gasteiger partial charge in [0.25, 0.3) is 5.91 Å². The summed E-state index contributed by atoms with van der Waals surface area (Å²) >= 11 is 0. The Kier molecular flexibility index (Phi) is 5.29. The van der Waals surface area contributed by atoms with Gasteiger partial charge in [0.05, 0.1) is 22.6 Å². The lowest BCUT2D eigenvalue weighted by Gasteiger charge is -2.16. The van der Waals surface area contributed by atoms with Crippen molar-refractivity contribution in [3.8, 4) is 17.2 Å². The van der Waals surface area contributed by atoms with Crippen molar-refractivity contribution in [3.63, 3.8) is 0 Å². The minimum absolute atomic E-state index is 0.0567. The van der Waals surface area contributed by atoms with Crippen LogP contribution in [0.5, 0.6) is 0 Å². The Labute approximate surface area is 166 Å². The Bertz CT molecular complexity index is 1100. The monoisotopic (exact) mass is 397 g/mol. The highest BCUT2D eigenvalue weighted by molar-refractivity contribution is 5.96. The van der Waals surface area contributed by atoms with Crippen LogP contribution in [0.4, 0.5) is 13.2 Å². The molecule has 0 unspecified atom stereocenters. The van der Waals surface area contributed by atoms with Crippen LogP contribution >= 0.6 is 0 Å². The summed E-state index contributed by atoms with van der Waals surface area (Å²) in [5.41, 5.74) is -1.05. The second-order valence-corrected chi connectivity index (χ2v) is 7.33. The zero-order valence-electron chi connectivity index (χ0n) is 15.8. The fourth-order valence-electron chi connectivity index (χ4n) is 2.81. The molecule has 0 aliphatic heterocycles. The lowest BCUT2D eigenvalue weighted by Crippen LogP contribution is -2.33. The summed E-state index contributed by atoms with van der Waals surface area (Å²) in [6.45, 7) is 3.35. The van der Waals surface area contributed by atoms with Gasteiger partial charge in [-0.1, -0.05) is 36.4 Å². The molecule has 0 saturated carbocycles. The average molecular weight is 397 g/mol. The van der Waals surface area contributed by atoms with E-state index < -0.39 is 23.1 Å². The molecule has 0 fully saturated rings.